The summed E-state index contributed by atoms with van der Waals surface area (Å²) in [6, 6.07) is 2.03. The first-order valence-corrected chi connectivity index (χ1v) is 8.07. The van der Waals surface area contributed by atoms with Gasteiger partial charge in [-0.1, -0.05) is 25.4 Å². The van der Waals surface area contributed by atoms with Crippen LogP contribution in [0.5, 0.6) is 0 Å². The Labute approximate surface area is 132 Å². The molecule has 2 heterocycles. The lowest BCUT2D eigenvalue weighted by atomic mass is 10.1. The summed E-state index contributed by atoms with van der Waals surface area (Å²) in [5, 5.41) is 4.16. The number of hydrogen-bond donors (Lipinski definition) is 1. The summed E-state index contributed by atoms with van der Waals surface area (Å²) in [5.41, 5.74) is 1.14. The highest BCUT2D eigenvalue weighted by Gasteiger charge is 2.24. The molecule has 0 aliphatic carbocycles. The van der Waals surface area contributed by atoms with Gasteiger partial charge in [0.15, 0.2) is 0 Å². The lowest BCUT2D eigenvalue weighted by molar-refractivity contribution is 0.161. The lowest BCUT2D eigenvalue weighted by Gasteiger charge is -2.19. The Morgan fingerprint density at radius 3 is 3.00 bits per heavy atom. The fourth-order valence-corrected chi connectivity index (χ4v) is 3.01. The van der Waals surface area contributed by atoms with Crippen LogP contribution in [0, 0.1) is 11.8 Å². The van der Waals surface area contributed by atoms with Crippen LogP contribution in [-0.4, -0.2) is 38.3 Å². The van der Waals surface area contributed by atoms with Crippen LogP contribution in [0.4, 0.5) is 5.82 Å². The second kappa shape index (κ2) is 7.97. The molecule has 1 aliphatic heterocycles. The van der Waals surface area contributed by atoms with Crippen LogP contribution in [0.3, 0.4) is 0 Å². The normalized spacial score (nSPS) is 18.7. The first-order chi connectivity index (χ1) is 10.1. The minimum atomic E-state index is 0.584. The maximum Gasteiger partial charge on any atom is 0.147 e. The molecule has 1 fully saturated rings. The lowest BCUT2D eigenvalue weighted by Crippen LogP contribution is -2.23. The van der Waals surface area contributed by atoms with Crippen LogP contribution in [0.15, 0.2) is 12.3 Å². The molecular weight excluding hydrogens is 286 g/mol. The van der Waals surface area contributed by atoms with Gasteiger partial charge in [-0.2, -0.15) is 0 Å². The molecule has 1 atom stereocenters. The molecule has 2 rings (SSSR count). The van der Waals surface area contributed by atoms with E-state index in [1.54, 1.807) is 7.11 Å². The van der Waals surface area contributed by atoms with Gasteiger partial charge in [-0.05, 0) is 30.5 Å². The van der Waals surface area contributed by atoms with Crippen LogP contribution in [0.2, 0.25) is 5.02 Å². The molecule has 0 radical (unpaired) electrons. The molecule has 5 heteroatoms. The van der Waals surface area contributed by atoms with Crippen LogP contribution in [-0.2, 0) is 11.3 Å². The Morgan fingerprint density at radius 2 is 2.33 bits per heavy atom. The first kappa shape index (κ1) is 16.5. The second-order valence-corrected chi connectivity index (χ2v) is 6.64. The number of nitrogens with one attached hydrogen (secondary N) is 1. The summed E-state index contributed by atoms with van der Waals surface area (Å²) in [4.78, 5) is 6.83. The number of aromatic nitrogens is 1. The minimum Gasteiger partial charge on any atom is -0.384 e. The molecule has 0 saturated carbocycles. The predicted octanol–water partition coefficient (Wildman–Crippen LogP) is 2.95. The Kier molecular flexibility index (Phi) is 6.27. The van der Waals surface area contributed by atoms with Crippen LogP contribution in [0.25, 0.3) is 0 Å². The molecular formula is C16H26ClN3O. The number of hydrogen-bond acceptors (Lipinski definition) is 4. The standard InChI is InChI=1S/C16H26ClN3O/c1-12(2)7-18-8-14-6-15(17)16(19-9-14)20-5-4-13(10-20)11-21-3/h6,9,12-13,18H,4-5,7-8,10-11H2,1-3H3. The predicted molar refractivity (Wildman–Crippen MR) is 88.0 cm³/mol. The van der Waals surface area contributed by atoms with E-state index in [0.717, 1.165) is 55.6 Å². The highest BCUT2D eigenvalue weighted by Crippen LogP contribution is 2.29. The highest BCUT2D eigenvalue weighted by atomic mass is 35.5. The van der Waals surface area contributed by atoms with Crippen molar-refractivity contribution in [3.8, 4) is 0 Å². The molecule has 0 spiro atoms. The highest BCUT2D eigenvalue weighted by molar-refractivity contribution is 6.33. The van der Waals surface area contributed by atoms with Crippen molar-refractivity contribution in [3.05, 3.63) is 22.8 Å². The van der Waals surface area contributed by atoms with E-state index in [0.29, 0.717) is 11.8 Å². The third-order valence-corrected chi connectivity index (χ3v) is 4.03. The van der Waals surface area contributed by atoms with Gasteiger partial charge in [0.2, 0.25) is 0 Å². The van der Waals surface area contributed by atoms with E-state index in [1.165, 1.54) is 0 Å². The van der Waals surface area contributed by atoms with Gasteiger partial charge < -0.3 is 15.0 Å². The molecule has 1 saturated heterocycles. The number of methoxy groups -OCH3 is 1. The van der Waals surface area contributed by atoms with Crippen LogP contribution >= 0.6 is 11.6 Å². The summed E-state index contributed by atoms with van der Waals surface area (Å²) in [5.74, 6) is 2.14. The zero-order chi connectivity index (χ0) is 15.2. The topological polar surface area (TPSA) is 37.4 Å². The molecule has 4 nitrogen and oxygen atoms in total. The van der Waals surface area contributed by atoms with Gasteiger partial charge in [0.05, 0.1) is 11.6 Å². The fraction of sp³-hybridized carbons (Fsp3) is 0.688. The average molecular weight is 312 g/mol. The summed E-state index contributed by atoms with van der Waals surface area (Å²) in [6.45, 7) is 9.01. The van der Waals surface area contributed by atoms with Gasteiger partial charge >= 0.3 is 0 Å². The quantitative estimate of drug-likeness (QED) is 0.840. The maximum absolute atomic E-state index is 6.41. The Bertz CT molecular complexity index is 453. The number of rotatable bonds is 7. The van der Waals surface area contributed by atoms with E-state index in [4.69, 9.17) is 16.3 Å². The monoisotopic (exact) mass is 311 g/mol. The van der Waals surface area contributed by atoms with Gasteiger partial charge in [0.1, 0.15) is 5.82 Å². The van der Waals surface area contributed by atoms with Gasteiger partial charge in [-0.15, -0.1) is 0 Å². The van der Waals surface area contributed by atoms with Crippen molar-refractivity contribution in [2.24, 2.45) is 11.8 Å². The molecule has 1 aromatic rings. The van der Waals surface area contributed by atoms with E-state index in [-0.39, 0.29) is 0 Å². The van der Waals surface area contributed by atoms with Gasteiger partial charge in [0, 0.05) is 38.9 Å². The van der Waals surface area contributed by atoms with Crippen molar-refractivity contribution in [2.45, 2.75) is 26.8 Å². The van der Waals surface area contributed by atoms with E-state index in [9.17, 15) is 0 Å². The van der Waals surface area contributed by atoms with Crippen LogP contribution in [0.1, 0.15) is 25.8 Å². The zero-order valence-corrected chi connectivity index (χ0v) is 14.0. The fourth-order valence-electron chi connectivity index (χ4n) is 2.70. The summed E-state index contributed by atoms with van der Waals surface area (Å²) >= 11 is 6.41. The van der Waals surface area contributed by atoms with Gasteiger partial charge in [-0.25, -0.2) is 4.98 Å². The number of ether oxygens (including phenoxy) is 1. The molecule has 1 unspecified atom stereocenters. The molecule has 0 bridgehead atoms. The van der Waals surface area contributed by atoms with Crippen molar-refractivity contribution < 1.29 is 4.74 Å². The summed E-state index contributed by atoms with van der Waals surface area (Å²) in [6.07, 6.45) is 3.07. The second-order valence-electron chi connectivity index (χ2n) is 6.23. The van der Waals surface area contributed by atoms with Gasteiger partial charge in [0.25, 0.3) is 0 Å². The molecule has 118 valence electrons. The zero-order valence-electron chi connectivity index (χ0n) is 13.2. The minimum absolute atomic E-state index is 0.584. The number of nitrogens with zero attached hydrogens (tertiary/aromatic N) is 2. The number of pyridine rings is 1. The van der Waals surface area contributed by atoms with E-state index in [2.05, 4.69) is 29.0 Å². The SMILES string of the molecule is COCC1CCN(c2ncc(CNCC(C)C)cc2Cl)C1. The molecule has 0 aromatic carbocycles. The molecule has 0 amide bonds. The Balaban J connectivity index is 1.93. The van der Waals surface area contributed by atoms with Crippen molar-refractivity contribution in [2.75, 3.05) is 38.3 Å². The van der Waals surface area contributed by atoms with E-state index >= 15 is 0 Å². The maximum atomic E-state index is 6.41. The number of anilines is 1. The van der Waals surface area contributed by atoms with Crippen molar-refractivity contribution >= 4 is 17.4 Å². The average Bonchev–Trinajstić information content (AvgIpc) is 2.87. The van der Waals surface area contributed by atoms with E-state index in [1.807, 2.05) is 12.3 Å². The Morgan fingerprint density at radius 1 is 1.52 bits per heavy atom. The molecule has 21 heavy (non-hydrogen) atoms. The third kappa shape index (κ3) is 4.83. The number of halogens is 1. The third-order valence-electron chi connectivity index (χ3n) is 3.75. The van der Waals surface area contributed by atoms with E-state index < -0.39 is 0 Å². The van der Waals surface area contributed by atoms with Crippen molar-refractivity contribution in [1.29, 1.82) is 0 Å². The van der Waals surface area contributed by atoms with Gasteiger partial charge in [-0.3, -0.25) is 0 Å². The molecule has 1 aliphatic rings. The summed E-state index contributed by atoms with van der Waals surface area (Å²) in [7, 11) is 1.76. The van der Waals surface area contributed by atoms with Crippen LogP contribution < -0.4 is 10.2 Å². The smallest absolute Gasteiger partial charge is 0.147 e. The molecule has 1 N–H and O–H groups in total. The van der Waals surface area contributed by atoms with Crippen molar-refractivity contribution in [3.63, 3.8) is 0 Å². The first-order valence-electron chi connectivity index (χ1n) is 7.69. The summed E-state index contributed by atoms with van der Waals surface area (Å²) < 4.78 is 5.23. The Hall–Kier alpha value is -0.840. The largest absolute Gasteiger partial charge is 0.384 e. The van der Waals surface area contributed by atoms with Crippen molar-refractivity contribution in [1.82, 2.24) is 10.3 Å². The molecule has 1 aromatic heterocycles.